The first kappa shape index (κ1) is 27.3. The van der Waals surface area contributed by atoms with Gasteiger partial charge in [0.2, 0.25) is 10.0 Å². The van der Waals surface area contributed by atoms with E-state index in [1.165, 1.54) is 4.31 Å². The zero-order chi connectivity index (χ0) is 28.6. The molecule has 8 nitrogen and oxygen atoms in total. The van der Waals surface area contributed by atoms with E-state index in [9.17, 15) is 13.2 Å². The molecule has 9 heteroatoms. The van der Waals surface area contributed by atoms with Crippen molar-refractivity contribution in [3.8, 4) is 5.75 Å². The molecule has 212 valence electrons. The largest absolute Gasteiger partial charge is 0.491 e. The number of ether oxygens (including phenoxy) is 2. The number of hydrogen-bond donors (Lipinski definition) is 0. The maximum atomic E-state index is 13.6. The van der Waals surface area contributed by atoms with Crippen LogP contribution in [0.2, 0.25) is 0 Å². The van der Waals surface area contributed by atoms with E-state index in [2.05, 4.69) is 10.6 Å². The molecule has 0 N–H and O–H groups in total. The van der Waals surface area contributed by atoms with E-state index in [0.29, 0.717) is 57.1 Å². The molecule has 41 heavy (non-hydrogen) atoms. The number of para-hydroxylation sites is 2. The SMILES string of the molecule is CCN1C(=O)C(=Cc2cn(CCOc3ccccc3C)c3ccccc23)c2cc(S(=O)(=O)N3CCOCC3)ccc21. The Bertz CT molecular complexity index is 1750. The van der Waals surface area contributed by atoms with Crippen molar-refractivity contribution in [2.75, 3.05) is 44.4 Å². The number of likely N-dealkylation sites (N-methyl/N-ethyl adjacent to an activating group) is 1. The first-order valence-corrected chi connectivity index (χ1v) is 15.3. The van der Waals surface area contributed by atoms with Crippen LogP contribution in [0, 0.1) is 6.92 Å². The second-order valence-electron chi connectivity index (χ2n) is 10.2. The molecule has 3 heterocycles. The molecule has 0 unspecified atom stereocenters. The number of morpholine rings is 1. The van der Waals surface area contributed by atoms with Gasteiger partial charge in [0, 0.05) is 53.4 Å². The highest BCUT2D eigenvalue weighted by Crippen LogP contribution is 2.40. The molecule has 1 fully saturated rings. The number of amides is 1. The molecule has 4 aromatic rings. The number of carbonyl (C=O) groups excluding carboxylic acids is 1. The monoisotopic (exact) mass is 571 g/mol. The molecule has 3 aromatic carbocycles. The number of nitrogens with zero attached hydrogens (tertiary/aromatic N) is 3. The third kappa shape index (κ3) is 5.05. The predicted molar refractivity (Wildman–Crippen MR) is 161 cm³/mol. The number of rotatable bonds is 8. The number of sulfonamides is 1. The second-order valence-corrected chi connectivity index (χ2v) is 12.1. The maximum absolute atomic E-state index is 13.6. The highest BCUT2D eigenvalue weighted by molar-refractivity contribution is 7.89. The molecule has 0 saturated carbocycles. The first-order chi connectivity index (χ1) is 19.9. The maximum Gasteiger partial charge on any atom is 0.258 e. The van der Waals surface area contributed by atoms with Crippen LogP contribution in [0.3, 0.4) is 0 Å². The van der Waals surface area contributed by atoms with E-state index in [-0.39, 0.29) is 10.8 Å². The van der Waals surface area contributed by atoms with Gasteiger partial charge in [-0.3, -0.25) is 4.79 Å². The van der Waals surface area contributed by atoms with E-state index < -0.39 is 10.0 Å². The van der Waals surface area contributed by atoms with Gasteiger partial charge in [0.1, 0.15) is 12.4 Å². The molecule has 0 aliphatic carbocycles. The van der Waals surface area contributed by atoms with Crippen molar-refractivity contribution in [3.63, 3.8) is 0 Å². The minimum Gasteiger partial charge on any atom is -0.491 e. The average Bonchev–Trinajstić information content (AvgIpc) is 3.48. The highest BCUT2D eigenvalue weighted by atomic mass is 32.2. The van der Waals surface area contributed by atoms with Gasteiger partial charge in [-0.05, 0) is 55.8 Å². The van der Waals surface area contributed by atoms with Crippen LogP contribution in [-0.2, 0) is 26.1 Å². The van der Waals surface area contributed by atoms with Crippen LogP contribution in [0.5, 0.6) is 5.75 Å². The second kappa shape index (κ2) is 11.2. The van der Waals surface area contributed by atoms with Crippen molar-refractivity contribution in [2.45, 2.75) is 25.3 Å². The summed E-state index contributed by atoms with van der Waals surface area (Å²) in [5.41, 5.74) is 4.86. The summed E-state index contributed by atoms with van der Waals surface area (Å²) in [6.07, 6.45) is 3.93. The van der Waals surface area contributed by atoms with Gasteiger partial charge in [0.25, 0.3) is 5.91 Å². The van der Waals surface area contributed by atoms with Crippen LogP contribution in [-0.4, -0.2) is 62.7 Å². The molecule has 0 spiro atoms. The number of hydrogen-bond acceptors (Lipinski definition) is 5. The normalized spacial score (nSPS) is 17.0. The van der Waals surface area contributed by atoms with Gasteiger partial charge in [0.05, 0.1) is 30.3 Å². The number of carbonyl (C=O) groups is 1. The molecule has 6 rings (SSSR count). The summed E-state index contributed by atoms with van der Waals surface area (Å²) in [4.78, 5) is 15.5. The Labute approximate surface area is 240 Å². The average molecular weight is 572 g/mol. The fourth-order valence-corrected chi connectivity index (χ4v) is 7.02. The Morgan fingerprint density at radius 3 is 2.54 bits per heavy atom. The smallest absolute Gasteiger partial charge is 0.258 e. The molecule has 1 amide bonds. The third-order valence-corrected chi connectivity index (χ3v) is 9.65. The molecule has 2 aliphatic rings. The van der Waals surface area contributed by atoms with E-state index >= 15 is 0 Å². The summed E-state index contributed by atoms with van der Waals surface area (Å²) < 4.78 is 41.8. The minimum atomic E-state index is -3.71. The van der Waals surface area contributed by atoms with E-state index in [1.807, 2.05) is 68.6 Å². The Kier molecular flexibility index (Phi) is 7.42. The number of aryl methyl sites for hydroxylation is 1. The Morgan fingerprint density at radius 1 is 1.00 bits per heavy atom. The molecular formula is C32H33N3O5S. The van der Waals surface area contributed by atoms with Gasteiger partial charge in [-0.25, -0.2) is 8.42 Å². The summed E-state index contributed by atoms with van der Waals surface area (Å²) in [5, 5.41) is 1.01. The Morgan fingerprint density at radius 2 is 1.76 bits per heavy atom. The molecule has 1 saturated heterocycles. The third-order valence-electron chi connectivity index (χ3n) is 7.75. The van der Waals surface area contributed by atoms with Crippen LogP contribution >= 0.6 is 0 Å². The Balaban J connectivity index is 1.36. The van der Waals surface area contributed by atoms with E-state index in [4.69, 9.17) is 9.47 Å². The Hall–Kier alpha value is -3.92. The van der Waals surface area contributed by atoms with Gasteiger partial charge in [-0.1, -0.05) is 36.4 Å². The van der Waals surface area contributed by atoms with Crippen molar-refractivity contribution in [1.29, 1.82) is 0 Å². The van der Waals surface area contributed by atoms with Crippen LogP contribution in [0.25, 0.3) is 22.6 Å². The lowest BCUT2D eigenvalue weighted by Gasteiger charge is -2.26. The van der Waals surface area contributed by atoms with Crippen molar-refractivity contribution in [2.24, 2.45) is 0 Å². The summed E-state index contributed by atoms with van der Waals surface area (Å²) in [5.74, 6) is 0.727. The first-order valence-electron chi connectivity index (χ1n) is 13.9. The quantitative estimate of drug-likeness (QED) is 0.280. The van der Waals surface area contributed by atoms with Crippen LogP contribution in [0.15, 0.2) is 77.8 Å². The van der Waals surface area contributed by atoms with Crippen molar-refractivity contribution >= 4 is 44.2 Å². The summed E-state index contributed by atoms with van der Waals surface area (Å²) in [6.45, 7) is 6.93. The van der Waals surface area contributed by atoms with Gasteiger partial charge in [0.15, 0.2) is 0 Å². The zero-order valence-corrected chi connectivity index (χ0v) is 24.1. The number of fused-ring (bicyclic) bond motifs is 2. The molecule has 1 aromatic heterocycles. The van der Waals surface area contributed by atoms with Crippen molar-refractivity contribution in [1.82, 2.24) is 8.87 Å². The van der Waals surface area contributed by atoms with E-state index in [1.54, 1.807) is 23.1 Å². The molecule has 0 bridgehead atoms. The molecule has 0 radical (unpaired) electrons. The number of anilines is 1. The fourth-order valence-electron chi connectivity index (χ4n) is 5.59. The summed E-state index contributed by atoms with van der Waals surface area (Å²) in [7, 11) is -3.71. The zero-order valence-electron chi connectivity index (χ0n) is 23.2. The highest BCUT2D eigenvalue weighted by Gasteiger charge is 2.34. The summed E-state index contributed by atoms with van der Waals surface area (Å²) >= 11 is 0. The minimum absolute atomic E-state index is 0.136. The van der Waals surface area contributed by atoms with Crippen LogP contribution < -0.4 is 9.64 Å². The lowest BCUT2D eigenvalue weighted by atomic mass is 10.0. The number of aromatic nitrogens is 1. The van der Waals surface area contributed by atoms with Crippen molar-refractivity contribution < 1.29 is 22.7 Å². The van der Waals surface area contributed by atoms with Crippen molar-refractivity contribution in [3.05, 3.63) is 89.6 Å². The van der Waals surface area contributed by atoms with Crippen LogP contribution in [0.4, 0.5) is 5.69 Å². The number of benzene rings is 3. The van der Waals surface area contributed by atoms with Gasteiger partial charge >= 0.3 is 0 Å². The standard InChI is InChI=1S/C32H33N3O5S/c1-3-35-30-13-12-25(41(37,38)34-15-17-39-18-16-34)21-27(30)28(32(35)36)20-24-22-33(29-10-6-5-9-26(24)29)14-19-40-31-11-7-4-8-23(31)2/h4-13,20-22H,3,14-19H2,1-2H3. The predicted octanol–water partition coefficient (Wildman–Crippen LogP) is 4.96. The topological polar surface area (TPSA) is 81.1 Å². The molecule has 2 aliphatic heterocycles. The molecular weight excluding hydrogens is 538 g/mol. The fraction of sp³-hybridized carbons (Fsp3) is 0.281. The van der Waals surface area contributed by atoms with Gasteiger partial charge in [-0.2, -0.15) is 4.31 Å². The molecule has 0 atom stereocenters. The lowest BCUT2D eigenvalue weighted by molar-refractivity contribution is -0.112. The van der Waals surface area contributed by atoms with E-state index in [0.717, 1.165) is 33.5 Å². The van der Waals surface area contributed by atoms with Gasteiger partial charge in [-0.15, -0.1) is 0 Å². The summed E-state index contributed by atoms with van der Waals surface area (Å²) in [6, 6.07) is 21.0. The lowest BCUT2D eigenvalue weighted by Crippen LogP contribution is -2.40. The van der Waals surface area contributed by atoms with Crippen LogP contribution in [0.1, 0.15) is 23.6 Å². The van der Waals surface area contributed by atoms with Gasteiger partial charge < -0.3 is 18.9 Å².